The van der Waals surface area contributed by atoms with Crippen molar-refractivity contribution >= 4 is 35.3 Å². The van der Waals surface area contributed by atoms with Gasteiger partial charge in [0, 0.05) is 11.6 Å². The molecule has 1 aliphatic rings. The molecule has 1 heterocycles. The van der Waals surface area contributed by atoms with E-state index in [0.29, 0.717) is 23.1 Å². The number of hydrogen-bond acceptors (Lipinski definition) is 4. The summed E-state index contributed by atoms with van der Waals surface area (Å²) in [4.78, 5) is 0. The van der Waals surface area contributed by atoms with Crippen LogP contribution in [0.3, 0.4) is 0 Å². The van der Waals surface area contributed by atoms with E-state index in [1.54, 1.807) is 6.07 Å². The van der Waals surface area contributed by atoms with Gasteiger partial charge >= 0.3 is 16.3 Å². The highest BCUT2D eigenvalue weighted by Gasteiger charge is 2.49. The molecule has 218 valence electrons. The maximum atomic E-state index is 13.7. The molecule has 2 aromatic carbocycles. The Kier molecular flexibility index (Phi) is 8.09. The molecule has 16 heteroatoms. The molecule has 0 amide bonds. The summed E-state index contributed by atoms with van der Waals surface area (Å²) in [6.07, 6.45) is -8.70. The molecule has 1 N–H and O–H groups in total. The number of benzene rings is 2. The van der Waals surface area contributed by atoms with Crippen molar-refractivity contribution in [3.8, 4) is 22.9 Å². The fourth-order valence-corrected chi connectivity index (χ4v) is 7.27. The van der Waals surface area contributed by atoms with Crippen LogP contribution in [0.4, 0.5) is 35.1 Å². The summed E-state index contributed by atoms with van der Waals surface area (Å²) in [5, 5.41) is 3.95. The smallest absolute Gasteiger partial charge is 0.416 e. The monoisotopic (exact) mass is 709 g/mol. The molecule has 1 aromatic heterocycles. The Bertz CT molecular complexity index is 1500. The molecule has 0 bridgehead atoms. The van der Waals surface area contributed by atoms with Crippen LogP contribution in [0.5, 0.6) is 11.6 Å². The van der Waals surface area contributed by atoms with Gasteiger partial charge in [-0.3, -0.25) is 0 Å². The number of ether oxygens (including phenoxy) is 1. The Morgan fingerprint density at radius 3 is 2.20 bits per heavy atom. The summed E-state index contributed by atoms with van der Waals surface area (Å²) >= 11 is -1.91. The van der Waals surface area contributed by atoms with Crippen LogP contribution in [0, 0.1) is 0 Å². The van der Waals surface area contributed by atoms with E-state index in [4.69, 9.17) is 4.74 Å². The standard InChI is InChI=1S/C24H20F8IN3O3S/c1-33-23(28,29)14-40(37,38)35-21(9-10-21)17-4-2-3-15(11-17)19-12-20(36(34-19)13-22(25,26)27)39-18-7-5-16(6-8-18)24(30,31)32/h2-8,11-12,35H,1,9-10,13-14H2. The van der Waals surface area contributed by atoms with Crippen molar-refractivity contribution < 1.29 is 48.3 Å². The first-order valence-corrected chi connectivity index (χ1v) is 15.6. The SMILES string of the molecule is C=IC(F)(F)CS(=O)(=O)NC1(c2cccc(-c3cc(Oc4ccc(C(F)(F)F)cc4)n(CC(F)(F)F)n3)c2)CC1. The molecule has 6 nitrogen and oxygen atoms in total. The maximum absolute atomic E-state index is 13.7. The highest BCUT2D eigenvalue weighted by Crippen LogP contribution is 2.47. The topological polar surface area (TPSA) is 73.2 Å². The first kappa shape index (κ1) is 30.4. The van der Waals surface area contributed by atoms with Gasteiger partial charge < -0.3 is 4.74 Å². The van der Waals surface area contributed by atoms with E-state index in [0.717, 1.165) is 30.3 Å². The average molecular weight is 709 g/mol. The number of hydrogen-bond donors (Lipinski definition) is 1. The summed E-state index contributed by atoms with van der Waals surface area (Å²) in [6, 6.07) is 10.5. The van der Waals surface area contributed by atoms with E-state index in [1.807, 2.05) is 0 Å². The van der Waals surface area contributed by atoms with Crippen LogP contribution >= 0.6 is 20.7 Å². The number of halogens is 9. The van der Waals surface area contributed by atoms with Crippen LogP contribution in [0.25, 0.3) is 11.3 Å². The molecule has 1 aliphatic carbocycles. The Morgan fingerprint density at radius 2 is 1.65 bits per heavy atom. The van der Waals surface area contributed by atoms with Crippen LogP contribution in [0.15, 0.2) is 54.6 Å². The van der Waals surface area contributed by atoms with Gasteiger partial charge in [-0.25, -0.2) is 17.8 Å². The second kappa shape index (κ2) is 10.7. The number of alkyl halides is 9. The molecular weight excluding hydrogens is 689 g/mol. The fourth-order valence-electron chi connectivity index (χ4n) is 3.88. The number of aromatic nitrogens is 2. The number of sulfonamides is 1. The Hall–Kier alpha value is -2.60. The van der Waals surface area contributed by atoms with Gasteiger partial charge in [0.15, 0.2) is 0 Å². The molecule has 40 heavy (non-hydrogen) atoms. The summed E-state index contributed by atoms with van der Waals surface area (Å²) < 4.78 is 138. The second-order valence-electron chi connectivity index (χ2n) is 9.04. The van der Waals surface area contributed by atoms with E-state index >= 15 is 0 Å². The van der Waals surface area contributed by atoms with Crippen LogP contribution in [-0.2, 0) is 28.3 Å². The van der Waals surface area contributed by atoms with Gasteiger partial charge in [0.25, 0.3) is 0 Å². The van der Waals surface area contributed by atoms with Gasteiger partial charge in [0.2, 0.25) is 15.9 Å². The van der Waals surface area contributed by atoms with Crippen molar-refractivity contribution in [3.05, 3.63) is 65.7 Å². The number of rotatable bonds is 10. The summed E-state index contributed by atoms with van der Waals surface area (Å²) in [7, 11) is -4.39. The van der Waals surface area contributed by atoms with Gasteiger partial charge in [-0.15, -0.1) is 0 Å². The number of nitrogens with one attached hydrogen (secondary N) is 1. The van der Waals surface area contributed by atoms with Crippen LogP contribution in [0.1, 0.15) is 24.0 Å². The van der Waals surface area contributed by atoms with Crippen molar-refractivity contribution in [1.29, 1.82) is 0 Å². The van der Waals surface area contributed by atoms with Crippen LogP contribution in [0.2, 0.25) is 0 Å². The van der Waals surface area contributed by atoms with E-state index in [2.05, 4.69) is 14.3 Å². The zero-order valence-electron chi connectivity index (χ0n) is 20.2. The zero-order chi connectivity index (χ0) is 29.6. The van der Waals surface area contributed by atoms with E-state index in [9.17, 15) is 43.5 Å². The number of nitrogens with zero attached hydrogens (tertiary/aromatic N) is 2. The van der Waals surface area contributed by atoms with Gasteiger partial charge in [0.1, 0.15) is 18.0 Å². The first-order chi connectivity index (χ1) is 18.4. The van der Waals surface area contributed by atoms with Crippen LogP contribution in [-0.4, -0.2) is 38.6 Å². The molecular formula is C24H20F8IN3O3S. The molecule has 3 aromatic rings. The minimum absolute atomic E-state index is 0.0000107. The summed E-state index contributed by atoms with van der Waals surface area (Å²) in [5.74, 6) is -1.97. The van der Waals surface area contributed by atoms with Gasteiger partial charge in [0.05, 0.1) is 16.8 Å². The maximum Gasteiger partial charge on any atom is 0.416 e. The van der Waals surface area contributed by atoms with Crippen molar-refractivity contribution in [1.82, 2.24) is 14.5 Å². The van der Waals surface area contributed by atoms with Crippen molar-refractivity contribution in [2.45, 2.75) is 41.2 Å². The predicted molar refractivity (Wildman–Crippen MR) is 139 cm³/mol. The lowest BCUT2D eigenvalue weighted by molar-refractivity contribution is -0.143. The van der Waals surface area contributed by atoms with Gasteiger partial charge in [-0.2, -0.15) is 40.2 Å². The van der Waals surface area contributed by atoms with Crippen molar-refractivity contribution in [2.24, 2.45) is 0 Å². The lowest BCUT2D eigenvalue weighted by atomic mass is 10.0. The molecule has 0 spiro atoms. The lowest BCUT2D eigenvalue weighted by Gasteiger charge is -2.20. The fraction of sp³-hybridized carbons (Fsp3) is 0.333. The van der Waals surface area contributed by atoms with E-state index in [-0.39, 0.29) is 17.0 Å². The highest BCUT2D eigenvalue weighted by atomic mass is 127. The summed E-state index contributed by atoms with van der Waals surface area (Å²) in [5.41, 5.74) is -1.45. The molecule has 0 unspecified atom stereocenters. The Labute approximate surface area is 233 Å². The van der Waals surface area contributed by atoms with Crippen molar-refractivity contribution in [2.75, 3.05) is 5.75 Å². The second-order valence-corrected chi connectivity index (χ2v) is 13.1. The molecule has 1 fully saturated rings. The zero-order valence-corrected chi connectivity index (χ0v) is 23.1. The minimum Gasteiger partial charge on any atom is -0.439 e. The molecule has 0 radical (unpaired) electrons. The molecule has 1 saturated carbocycles. The largest absolute Gasteiger partial charge is 0.439 e. The molecule has 0 atom stereocenters. The normalized spacial score (nSPS) is 15.7. The Balaban J connectivity index is 1.63. The molecule has 0 aliphatic heterocycles. The third kappa shape index (κ3) is 7.57. The third-order valence-electron chi connectivity index (χ3n) is 5.84. The molecule has 0 saturated heterocycles. The highest BCUT2D eigenvalue weighted by molar-refractivity contribution is 14.2. The first-order valence-electron chi connectivity index (χ1n) is 11.3. The van der Waals surface area contributed by atoms with Gasteiger partial charge in [-0.05, 0) is 48.7 Å². The molecule has 4 rings (SSSR count). The lowest BCUT2D eigenvalue weighted by Crippen LogP contribution is -2.40. The predicted octanol–water partition coefficient (Wildman–Crippen LogP) is 6.83. The minimum atomic E-state index is -4.71. The Morgan fingerprint density at radius 1 is 1.00 bits per heavy atom. The van der Waals surface area contributed by atoms with Gasteiger partial charge in [-0.1, -0.05) is 43.4 Å². The van der Waals surface area contributed by atoms with Crippen LogP contribution < -0.4 is 9.46 Å². The van der Waals surface area contributed by atoms with Crippen molar-refractivity contribution in [3.63, 3.8) is 0 Å². The van der Waals surface area contributed by atoms with E-state index in [1.165, 1.54) is 18.2 Å². The third-order valence-corrected chi connectivity index (χ3v) is 9.30. The van der Waals surface area contributed by atoms with E-state index < -0.39 is 76.3 Å². The average Bonchev–Trinajstić information content (AvgIpc) is 3.50. The summed E-state index contributed by atoms with van der Waals surface area (Å²) in [6.45, 7) is -1.56. The quantitative estimate of drug-likeness (QED) is 0.143.